The van der Waals surface area contributed by atoms with Crippen LogP contribution in [-0.2, 0) is 18.4 Å². The van der Waals surface area contributed by atoms with Crippen LogP contribution in [0.5, 0.6) is 0 Å². The van der Waals surface area contributed by atoms with Crippen LogP contribution in [-0.4, -0.2) is 53.6 Å². The third-order valence-electron chi connectivity index (χ3n) is 7.10. The van der Waals surface area contributed by atoms with Gasteiger partial charge in [-0.1, -0.05) is 47.1 Å². The van der Waals surface area contributed by atoms with Gasteiger partial charge in [-0.2, -0.15) is 0 Å². The van der Waals surface area contributed by atoms with E-state index in [2.05, 4.69) is 67.7 Å². The topological polar surface area (TPSA) is 65.0 Å². The molecule has 0 saturated heterocycles. The van der Waals surface area contributed by atoms with E-state index in [0.29, 0.717) is 6.42 Å². The molecule has 0 aliphatic heterocycles. The molecule has 0 aromatic carbocycles. The highest BCUT2D eigenvalue weighted by Gasteiger charge is 2.46. The van der Waals surface area contributed by atoms with Gasteiger partial charge >= 0.3 is 5.97 Å². The highest BCUT2D eigenvalue weighted by atomic mass is 28.4. The van der Waals surface area contributed by atoms with Crippen molar-refractivity contribution in [1.82, 2.24) is 0 Å². The lowest BCUT2D eigenvalue weighted by Gasteiger charge is -2.47. The van der Waals surface area contributed by atoms with Gasteiger partial charge in [0.1, 0.15) is 0 Å². The van der Waals surface area contributed by atoms with E-state index >= 15 is 0 Å². The summed E-state index contributed by atoms with van der Waals surface area (Å²) in [5, 5.41) is 10.3. The highest BCUT2D eigenvalue weighted by molar-refractivity contribution is 6.74. The maximum Gasteiger partial charge on any atom is 0.330 e. The zero-order valence-electron chi connectivity index (χ0n) is 20.5. The van der Waals surface area contributed by atoms with Crippen LogP contribution in [0.4, 0.5) is 0 Å². The molecule has 0 heterocycles. The fourth-order valence-corrected chi connectivity index (χ4v) is 5.88. The van der Waals surface area contributed by atoms with Gasteiger partial charge in [-0.3, -0.25) is 0 Å². The molecule has 0 aromatic heterocycles. The minimum absolute atomic E-state index is 0.0237. The fraction of sp³-hybridized carbons (Fsp3) is 0.864. The summed E-state index contributed by atoms with van der Waals surface area (Å²) in [5.41, 5.74) is 0.873. The van der Waals surface area contributed by atoms with Crippen LogP contribution >= 0.6 is 0 Å². The predicted octanol–water partition coefficient (Wildman–Crippen LogP) is 5.27. The van der Waals surface area contributed by atoms with Crippen LogP contribution in [0.3, 0.4) is 0 Å². The Kier molecular flexibility index (Phi) is 8.56. The van der Waals surface area contributed by atoms with Crippen molar-refractivity contribution in [2.75, 3.05) is 13.7 Å². The molecule has 7 heteroatoms. The highest BCUT2D eigenvalue weighted by Crippen LogP contribution is 2.44. The van der Waals surface area contributed by atoms with Crippen molar-refractivity contribution in [3.05, 3.63) is 11.6 Å². The number of hydrogen-bond donors (Lipinski definition) is 1. The van der Waals surface area contributed by atoms with E-state index in [9.17, 15) is 9.90 Å². The molecule has 3 atom stereocenters. The number of esters is 1. The molecular weight excluding hydrogens is 400 g/mol. The van der Waals surface area contributed by atoms with Crippen molar-refractivity contribution in [1.29, 1.82) is 0 Å². The number of rotatable bonds is 6. The van der Waals surface area contributed by atoms with Crippen LogP contribution in [0, 0.1) is 5.92 Å². The Bertz CT molecular complexity index is 599. The summed E-state index contributed by atoms with van der Waals surface area (Å²) < 4.78 is 18.3. The van der Waals surface area contributed by atoms with E-state index in [1.807, 2.05) is 0 Å². The molecule has 0 bridgehead atoms. The summed E-state index contributed by atoms with van der Waals surface area (Å²) in [6, 6.07) is 0. The largest absolute Gasteiger partial charge is 0.466 e. The number of aliphatic hydroxyl groups is 1. The Morgan fingerprint density at radius 1 is 1.03 bits per heavy atom. The second kappa shape index (κ2) is 9.34. The van der Waals surface area contributed by atoms with Crippen LogP contribution < -0.4 is 0 Å². The first-order valence-corrected chi connectivity index (χ1v) is 16.5. The minimum Gasteiger partial charge on any atom is -0.466 e. The van der Waals surface area contributed by atoms with E-state index in [-0.39, 0.29) is 34.8 Å². The smallest absolute Gasteiger partial charge is 0.330 e. The second-order valence-electron chi connectivity index (χ2n) is 11.4. The van der Waals surface area contributed by atoms with Crippen LogP contribution in [0.1, 0.15) is 54.4 Å². The molecule has 0 aromatic rings. The first-order valence-electron chi connectivity index (χ1n) is 10.7. The third-order valence-corrected chi connectivity index (χ3v) is 16.1. The van der Waals surface area contributed by atoms with Crippen molar-refractivity contribution < 1.29 is 23.5 Å². The summed E-state index contributed by atoms with van der Waals surface area (Å²) in [6.45, 7) is 22.2. The molecular formula is C22H44O5Si2. The molecule has 3 unspecified atom stereocenters. The average Bonchev–Trinajstić information content (AvgIpc) is 2.51. The van der Waals surface area contributed by atoms with Gasteiger partial charge in [0.2, 0.25) is 0 Å². The number of carbonyl (C=O) groups excluding carboxylic acids is 1. The van der Waals surface area contributed by atoms with E-state index in [0.717, 1.165) is 12.0 Å². The number of methoxy groups -OCH3 is 1. The lowest BCUT2D eigenvalue weighted by molar-refractivity contribution is -0.135. The van der Waals surface area contributed by atoms with Crippen molar-refractivity contribution >= 4 is 22.6 Å². The molecule has 1 fully saturated rings. The summed E-state index contributed by atoms with van der Waals surface area (Å²) in [7, 11) is -2.65. The molecule has 0 radical (unpaired) electrons. The molecule has 170 valence electrons. The molecule has 0 amide bonds. The predicted molar refractivity (Wildman–Crippen MR) is 124 cm³/mol. The maximum absolute atomic E-state index is 12.0. The first kappa shape index (κ1) is 26.6. The summed E-state index contributed by atoms with van der Waals surface area (Å²) >= 11 is 0. The van der Waals surface area contributed by atoms with Crippen molar-refractivity contribution in [2.24, 2.45) is 5.92 Å². The van der Waals surface area contributed by atoms with Crippen LogP contribution in [0.25, 0.3) is 0 Å². The van der Waals surface area contributed by atoms with Crippen LogP contribution in [0.2, 0.25) is 36.3 Å². The molecule has 0 spiro atoms. The number of hydrogen-bond acceptors (Lipinski definition) is 5. The maximum atomic E-state index is 12.0. The average molecular weight is 445 g/mol. The van der Waals surface area contributed by atoms with E-state index in [1.165, 1.54) is 13.2 Å². The fourth-order valence-electron chi connectivity index (χ4n) is 3.14. The van der Waals surface area contributed by atoms with Crippen LogP contribution in [0.15, 0.2) is 11.6 Å². The molecule has 1 aliphatic carbocycles. The Balaban J connectivity index is 3.27. The lowest BCUT2D eigenvalue weighted by Crippen LogP contribution is -2.52. The van der Waals surface area contributed by atoms with E-state index in [1.54, 1.807) is 0 Å². The zero-order chi connectivity index (χ0) is 22.8. The van der Waals surface area contributed by atoms with Gasteiger partial charge in [0, 0.05) is 12.0 Å². The molecule has 1 rings (SSSR count). The summed E-state index contributed by atoms with van der Waals surface area (Å²) in [6.07, 6.45) is 2.71. The minimum atomic E-state index is -2.05. The van der Waals surface area contributed by atoms with Gasteiger partial charge in [0.15, 0.2) is 16.6 Å². The number of ether oxygens (including phenoxy) is 1. The first-order chi connectivity index (χ1) is 12.9. The molecule has 1 N–H and O–H groups in total. The normalized spacial score (nSPS) is 25.9. The third kappa shape index (κ3) is 6.75. The van der Waals surface area contributed by atoms with E-state index < -0.39 is 22.6 Å². The molecule has 1 aliphatic rings. The van der Waals surface area contributed by atoms with Crippen molar-refractivity contribution in [3.8, 4) is 0 Å². The van der Waals surface area contributed by atoms with Gasteiger partial charge in [-0.15, -0.1) is 0 Å². The van der Waals surface area contributed by atoms with Gasteiger partial charge in [-0.25, -0.2) is 4.79 Å². The number of aliphatic hydroxyl groups excluding tert-OH is 1. The van der Waals surface area contributed by atoms with Gasteiger partial charge in [0.05, 0.1) is 25.9 Å². The standard InChI is InChI=1S/C22H44O5Si2/c1-21(2,3)28(8,9)26-17-12-16(13-20(24)25-7)18(15-23)19(14-17)27-29(10,11)22(4,5)6/h13,17-19,23H,12,14-15H2,1-11H3. The summed E-state index contributed by atoms with van der Waals surface area (Å²) in [5.74, 6) is -0.597. The van der Waals surface area contributed by atoms with E-state index in [4.69, 9.17) is 13.6 Å². The molecule has 1 saturated carbocycles. The lowest BCUT2D eigenvalue weighted by atomic mass is 9.80. The SMILES string of the molecule is COC(=O)C=C1CC(O[Si](C)(C)C(C)(C)C)CC(O[Si](C)(C)C(C)(C)C)C1CO. The number of carbonyl (C=O) groups is 1. The Morgan fingerprint density at radius 3 is 1.93 bits per heavy atom. The van der Waals surface area contributed by atoms with Gasteiger partial charge in [0.25, 0.3) is 0 Å². The zero-order valence-corrected chi connectivity index (χ0v) is 22.5. The Labute approximate surface area is 180 Å². The molecule has 5 nitrogen and oxygen atoms in total. The second-order valence-corrected chi connectivity index (χ2v) is 20.9. The van der Waals surface area contributed by atoms with Gasteiger partial charge in [-0.05, 0) is 49.1 Å². The summed E-state index contributed by atoms with van der Waals surface area (Å²) in [4.78, 5) is 12.0. The Morgan fingerprint density at radius 2 is 1.52 bits per heavy atom. The van der Waals surface area contributed by atoms with Gasteiger partial charge < -0.3 is 18.7 Å². The monoisotopic (exact) mass is 444 g/mol. The molecule has 29 heavy (non-hydrogen) atoms. The van der Waals surface area contributed by atoms with Crippen molar-refractivity contribution in [3.63, 3.8) is 0 Å². The Hall–Kier alpha value is -0.476. The quantitative estimate of drug-likeness (QED) is 0.343. The van der Waals surface area contributed by atoms with Crippen molar-refractivity contribution in [2.45, 2.75) is 103 Å².